The zero-order valence-corrected chi connectivity index (χ0v) is 9.23. The van der Waals surface area contributed by atoms with Gasteiger partial charge in [0.1, 0.15) is 0 Å². The van der Waals surface area contributed by atoms with Crippen molar-refractivity contribution in [2.45, 2.75) is 6.42 Å². The van der Waals surface area contributed by atoms with E-state index in [4.69, 9.17) is 5.73 Å². The Morgan fingerprint density at radius 2 is 1.76 bits per heavy atom. The molecular weight excluding hydrogens is 212 g/mol. The van der Waals surface area contributed by atoms with Gasteiger partial charge in [0.25, 0.3) is 0 Å². The van der Waals surface area contributed by atoms with Crippen LogP contribution in [-0.4, -0.2) is 6.41 Å². The van der Waals surface area contributed by atoms with Crippen LogP contribution in [0.25, 0.3) is 11.1 Å². The van der Waals surface area contributed by atoms with Gasteiger partial charge in [0.2, 0.25) is 6.41 Å². The van der Waals surface area contributed by atoms with Gasteiger partial charge in [-0.1, -0.05) is 12.1 Å². The summed E-state index contributed by atoms with van der Waals surface area (Å²) in [6, 6.07) is 12.0. The predicted molar refractivity (Wildman–Crippen MR) is 68.8 cm³/mol. The standard InChI is InChI=1S/C14H12N2O/c15-11-1-3-13-9(6-11)5-10-7-12(16-8-17)2-4-14(10)13/h1-4,6-8H,5,15H2,(H,16,17). The second-order valence-electron chi connectivity index (χ2n) is 4.23. The number of nitrogens with two attached hydrogens (primary N) is 1. The smallest absolute Gasteiger partial charge is 0.211 e. The number of nitrogen functional groups attached to an aromatic ring is 1. The van der Waals surface area contributed by atoms with Crippen LogP contribution in [0, 0.1) is 0 Å². The van der Waals surface area contributed by atoms with Crippen LogP contribution in [0.3, 0.4) is 0 Å². The van der Waals surface area contributed by atoms with Crippen LogP contribution in [0.15, 0.2) is 36.4 Å². The Morgan fingerprint density at radius 1 is 1.06 bits per heavy atom. The molecule has 1 aliphatic rings. The number of carbonyl (C=O) groups is 1. The van der Waals surface area contributed by atoms with E-state index in [0.717, 1.165) is 17.8 Å². The Balaban J connectivity index is 2.09. The Hall–Kier alpha value is -2.29. The van der Waals surface area contributed by atoms with Crippen molar-refractivity contribution < 1.29 is 4.79 Å². The summed E-state index contributed by atoms with van der Waals surface area (Å²) in [5.74, 6) is 0. The summed E-state index contributed by atoms with van der Waals surface area (Å²) in [6.45, 7) is 0. The van der Waals surface area contributed by atoms with Crippen molar-refractivity contribution in [1.82, 2.24) is 0 Å². The number of anilines is 2. The molecule has 84 valence electrons. The summed E-state index contributed by atoms with van der Waals surface area (Å²) < 4.78 is 0. The summed E-state index contributed by atoms with van der Waals surface area (Å²) >= 11 is 0. The number of fused-ring (bicyclic) bond motifs is 3. The number of amides is 1. The molecule has 0 aromatic heterocycles. The second kappa shape index (κ2) is 3.63. The zero-order chi connectivity index (χ0) is 11.8. The first-order chi connectivity index (χ1) is 8.28. The molecule has 0 saturated carbocycles. The molecule has 0 saturated heterocycles. The molecule has 0 atom stereocenters. The fourth-order valence-electron chi connectivity index (χ4n) is 2.39. The number of carbonyl (C=O) groups excluding carboxylic acids is 1. The Morgan fingerprint density at radius 3 is 2.53 bits per heavy atom. The van der Waals surface area contributed by atoms with Gasteiger partial charge in [-0.05, 0) is 52.9 Å². The van der Waals surface area contributed by atoms with Crippen LogP contribution in [0.5, 0.6) is 0 Å². The monoisotopic (exact) mass is 224 g/mol. The molecule has 1 amide bonds. The number of benzene rings is 2. The van der Waals surface area contributed by atoms with Gasteiger partial charge in [-0.3, -0.25) is 4.79 Å². The lowest BCUT2D eigenvalue weighted by Gasteiger charge is -2.03. The first-order valence-electron chi connectivity index (χ1n) is 5.50. The van der Waals surface area contributed by atoms with Gasteiger partial charge >= 0.3 is 0 Å². The highest BCUT2D eigenvalue weighted by molar-refractivity contribution is 5.82. The molecule has 0 bridgehead atoms. The van der Waals surface area contributed by atoms with Crippen molar-refractivity contribution >= 4 is 17.8 Å². The lowest BCUT2D eigenvalue weighted by atomic mass is 10.1. The quantitative estimate of drug-likeness (QED) is 0.518. The van der Waals surface area contributed by atoms with Gasteiger partial charge in [-0.15, -0.1) is 0 Å². The van der Waals surface area contributed by atoms with E-state index in [9.17, 15) is 4.79 Å². The van der Waals surface area contributed by atoms with Crippen LogP contribution < -0.4 is 11.1 Å². The average molecular weight is 224 g/mol. The molecule has 0 fully saturated rings. The highest BCUT2D eigenvalue weighted by Crippen LogP contribution is 2.38. The first-order valence-corrected chi connectivity index (χ1v) is 5.50. The third-order valence-corrected chi connectivity index (χ3v) is 3.13. The van der Waals surface area contributed by atoms with Crippen LogP contribution in [0.1, 0.15) is 11.1 Å². The van der Waals surface area contributed by atoms with Gasteiger partial charge in [-0.2, -0.15) is 0 Å². The Bertz CT molecular complexity index is 605. The third-order valence-electron chi connectivity index (χ3n) is 3.13. The molecule has 1 aliphatic carbocycles. The minimum atomic E-state index is 0.696. The molecule has 17 heavy (non-hydrogen) atoms. The number of rotatable bonds is 2. The SMILES string of the molecule is Nc1ccc2c(c1)Cc1cc(NC=O)ccc1-2. The maximum Gasteiger partial charge on any atom is 0.211 e. The van der Waals surface area contributed by atoms with E-state index in [0.29, 0.717) is 6.41 Å². The van der Waals surface area contributed by atoms with Gasteiger partial charge in [0.15, 0.2) is 0 Å². The fraction of sp³-hybridized carbons (Fsp3) is 0.0714. The molecule has 3 N–H and O–H groups in total. The van der Waals surface area contributed by atoms with Gasteiger partial charge in [-0.25, -0.2) is 0 Å². The van der Waals surface area contributed by atoms with Crippen molar-refractivity contribution in [1.29, 1.82) is 0 Å². The maximum atomic E-state index is 10.4. The highest BCUT2D eigenvalue weighted by atomic mass is 16.1. The molecular formula is C14H12N2O. The average Bonchev–Trinajstić information content (AvgIpc) is 2.65. The summed E-state index contributed by atoms with van der Waals surface area (Å²) in [6.07, 6.45) is 1.58. The second-order valence-corrected chi connectivity index (χ2v) is 4.23. The van der Waals surface area contributed by atoms with E-state index in [2.05, 4.69) is 11.4 Å². The molecule has 0 aliphatic heterocycles. The van der Waals surface area contributed by atoms with Gasteiger partial charge in [0.05, 0.1) is 0 Å². The normalized spacial score (nSPS) is 11.8. The van der Waals surface area contributed by atoms with Gasteiger partial charge in [0, 0.05) is 11.4 Å². The first kappa shape index (κ1) is 9.90. The van der Waals surface area contributed by atoms with Crippen molar-refractivity contribution in [2.24, 2.45) is 0 Å². The summed E-state index contributed by atoms with van der Waals surface area (Å²) in [7, 11) is 0. The minimum Gasteiger partial charge on any atom is -0.399 e. The summed E-state index contributed by atoms with van der Waals surface area (Å²) in [5, 5.41) is 2.67. The predicted octanol–water partition coefficient (Wildman–Crippen LogP) is 2.41. The highest BCUT2D eigenvalue weighted by Gasteiger charge is 2.18. The van der Waals surface area contributed by atoms with Gasteiger partial charge < -0.3 is 11.1 Å². The molecule has 0 unspecified atom stereocenters. The summed E-state index contributed by atoms with van der Waals surface area (Å²) in [4.78, 5) is 10.4. The van der Waals surface area contributed by atoms with E-state index < -0.39 is 0 Å². The number of hydrogen-bond donors (Lipinski definition) is 2. The molecule has 2 aromatic carbocycles. The van der Waals surface area contributed by atoms with Crippen LogP contribution in [0.2, 0.25) is 0 Å². The van der Waals surface area contributed by atoms with Crippen molar-refractivity contribution in [2.75, 3.05) is 11.1 Å². The number of hydrogen-bond acceptors (Lipinski definition) is 2. The molecule has 3 rings (SSSR count). The molecule has 3 nitrogen and oxygen atoms in total. The molecule has 0 radical (unpaired) electrons. The number of nitrogens with one attached hydrogen (secondary N) is 1. The van der Waals surface area contributed by atoms with E-state index in [1.165, 1.54) is 22.3 Å². The Labute approximate surface area is 99.3 Å². The topological polar surface area (TPSA) is 55.1 Å². The lowest BCUT2D eigenvalue weighted by molar-refractivity contribution is -0.105. The minimum absolute atomic E-state index is 0.696. The van der Waals surface area contributed by atoms with Crippen molar-refractivity contribution in [3.8, 4) is 11.1 Å². The molecule has 0 spiro atoms. The van der Waals surface area contributed by atoms with Crippen LogP contribution >= 0.6 is 0 Å². The van der Waals surface area contributed by atoms with Crippen LogP contribution in [-0.2, 0) is 11.2 Å². The van der Waals surface area contributed by atoms with Crippen LogP contribution in [0.4, 0.5) is 11.4 Å². The maximum absolute atomic E-state index is 10.4. The van der Waals surface area contributed by atoms with E-state index in [1.807, 2.05) is 30.3 Å². The third kappa shape index (κ3) is 1.56. The zero-order valence-electron chi connectivity index (χ0n) is 9.23. The molecule has 3 heteroatoms. The molecule has 0 heterocycles. The van der Waals surface area contributed by atoms with Crippen molar-refractivity contribution in [3.05, 3.63) is 47.5 Å². The van der Waals surface area contributed by atoms with Crippen molar-refractivity contribution in [3.63, 3.8) is 0 Å². The van der Waals surface area contributed by atoms with E-state index in [1.54, 1.807) is 0 Å². The lowest BCUT2D eigenvalue weighted by Crippen LogP contribution is -1.94. The summed E-state index contributed by atoms with van der Waals surface area (Å²) in [5.41, 5.74) is 12.4. The van der Waals surface area contributed by atoms with E-state index >= 15 is 0 Å². The van der Waals surface area contributed by atoms with E-state index in [-0.39, 0.29) is 0 Å². The Kier molecular flexibility index (Phi) is 2.11. The molecule has 2 aromatic rings. The fourth-order valence-corrected chi connectivity index (χ4v) is 2.39. The largest absolute Gasteiger partial charge is 0.399 e.